The van der Waals surface area contributed by atoms with Crippen LogP contribution in [0.5, 0.6) is 0 Å². The van der Waals surface area contributed by atoms with E-state index in [0.717, 1.165) is 12.0 Å². The van der Waals surface area contributed by atoms with Gasteiger partial charge in [0.1, 0.15) is 0 Å². The van der Waals surface area contributed by atoms with Crippen LogP contribution in [0.25, 0.3) is 0 Å². The lowest BCUT2D eigenvalue weighted by Gasteiger charge is -2.55. The quantitative estimate of drug-likeness (QED) is 0.672. The van der Waals surface area contributed by atoms with Crippen molar-refractivity contribution in [2.24, 2.45) is 22.7 Å². The summed E-state index contributed by atoms with van der Waals surface area (Å²) in [6.07, 6.45) is 4.40. The molecule has 0 amide bonds. The number of fused-ring (bicyclic) bond motifs is 2. The van der Waals surface area contributed by atoms with Gasteiger partial charge in [-0.05, 0) is 35.5 Å². The van der Waals surface area contributed by atoms with Crippen LogP contribution >= 0.6 is 0 Å². The van der Waals surface area contributed by atoms with Gasteiger partial charge in [0.25, 0.3) is 0 Å². The van der Waals surface area contributed by atoms with Crippen LogP contribution in [-0.4, -0.2) is 16.9 Å². The molecule has 2 aliphatic carbocycles. The number of carbonyl (C=O) groups is 1. The average molecular weight is 250 g/mol. The van der Waals surface area contributed by atoms with Gasteiger partial charge in [-0.1, -0.05) is 27.7 Å². The van der Waals surface area contributed by atoms with Gasteiger partial charge in [0.15, 0.2) is 0 Å². The fourth-order valence-corrected chi connectivity index (χ4v) is 4.71. The molecule has 1 N–H and O–H groups in total. The number of esters is 1. The summed E-state index contributed by atoms with van der Waals surface area (Å²) in [4.78, 5) is 11.5. The predicted octanol–water partition coefficient (Wildman–Crippen LogP) is 2.64. The van der Waals surface area contributed by atoms with Gasteiger partial charge < -0.3 is 9.84 Å². The lowest BCUT2D eigenvalue weighted by atomic mass is 9.50. The monoisotopic (exact) mass is 250 g/mol. The first-order chi connectivity index (χ1) is 8.23. The van der Waals surface area contributed by atoms with Crippen molar-refractivity contribution in [1.29, 1.82) is 0 Å². The molecule has 18 heavy (non-hydrogen) atoms. The van der Waals surface area contributed by atoms with E-state index in [1.165, 1.54) is 12.5 Å². The number of ether oxygens (including phenoxy) is 1. The summed E-state index contributed by atoms with van der Waals surface area (Å²) < 4.78 is 5.21. The molecule has 0 bridgehead atoms. The zero-order chi connectivity index (χ0) is 13.3. The Balaban J connectivity index is 2.13. The van der Waals surface area contributed by atoms with Crippen molar-refractivity contribution < 1.29 is 14.6 Å². The standard InChI is InChI=1S/C15H22O3/c1-9-5-6-13(3)10(2)11-7-12(16)18-15(11,17)8-14(9,13)4/h7,9-10,17H,5-6,8H2,1-4H3/t9-,10-,13+,14+,15-/m1/s1. The Labute approximate surface area is 108 Å². The lowest BCUT2D eigenvalue weighted by Crippen LogP contribution is -2.55. The highest BCUT2D eigenvalue weighted by atomic mass is 16.7. The Bertz CT molecular complexity index is 455. The summed E-state index contributed by atoms with van der Waals surface area (Å²) in [7, 11) is 0. The van der Waals surface area contributed by atoms with Gasteiger partial charge in [0.05, 0.1) is 0 Å². The van der Waals surface area contributed by atoms with E-state index in [1.807, 2.05) is 0 Å². The van der Waals surface area contributed by atoms with Crippen molar-refractivity contribution in [2.75, 3.05) is 0 Å². The second-order valence-corrected chi connectivity index (χ2v) is 6.98. The highest BCUT2D eigenvalue weighted by Crippen LogP contribution is 2.68. The van der Waals surface area contributed by atoms with E-state index in [1.54, 1.807) is 0 Å². The third-order valence-electron chi connectivity index (χ3n) is 6.51. The Morgan fingerprint density at radius 3 is 2.67 bits per heavy atom. The van der Waals surface area contributed by atoms with E-state index in [-0.39, 0.29) is 22.7 Å². The Kier molecular flexibility index (Phi) is 2.16. The van der Waals surface area contributed by atoms with Crippen LogP contribution in [-0.2, 0) is 9.53 Å². The van der Waals surface area contributed by atoms with E-state index in [9.17, 15) is 9.90 Å². The fourth-order valence-electron chi connectivity index (χ4n) is 4.71. The van der Waals surface area contributed by atoms with Crippen LogP contribution in [0.1, 0.15) is 47.0 Å². The van der Waals surface area contributed by atoms with Crippen molar-refractivity contribution >= 4 is 5.97 Å². The normalized spacial score (nSPS) is 54.7. The lowest BCUT2D eigenvalue weighted by molar-refractivity contribution is -0.219. The molecule has 5 atom stereocenters. The second-order valence-electron chi connectivity index (χ2n) is 6.98. The van der Waals surface area contributed by atoms with Gasteiger partial charge in [0, 0.05) is 18.1 Å². The first-order valence-electron chi connectivity index (χ1n) is 6.90. The Hall–Kier alpha value is -0.830. The van der Waals surface area contributed by atoms with E-state index in [2.05, 4.69) is 27.7 Å². The van der Waals surface area contributed by atoms with Crippen molar-refractivity contribution in [3.63, 3.8) is 0 Å². The van der Waals surface area contributed by atoms with Crippen LogP contribution in [0.2, 0.25) is 0 Å². The number of aliphatic hydroxyl groups is 1. The third-order valence-corrected chi connectivity index (χ3v) is 6.51. The molecule has 0 aromatic carbocycles. The van der Waals surface area contributed by atoms with Crippen molar-refractivity contribution in [3.8, 4) is 0 Å². The first kappa shape index (κ1) is 12.2. The van der Waals surface area contributed by atoms with E-state index < -0.39 is 5.79 Å². The van der Waals surface area contributed by atoms with Gasteiger partial charge in [-0.2, -0.15) is 0 Å². The van der Waals surface area contributed by atoms with Crippen LogP contribution < -0.4 is 0 Å². The summed E-state index contributed by atoms with van der Waals surface area (Å²) in [6.45, 7) is 8.95. The van der Waals surface area contributed by atoms with Gasteiger partial charge in [-0.25, -0.2) is 4.79 Å². The molecule has 3 aliphatic rings. The number of hydrogen-bond acceptors (Lipinski definition) is 3. The van der Waals surface area contributed by atoms with Crippen LogP contribution in [0, 0.1) is 22.7 Å². The van der Waals surface area contributed by atoms with Crippen LogP contribution in [0.3, 0.4) is 0 Å². The second kappa shape index (κ2) is 3.19. The van der Waals surface area contributed by atoms with Crippen molar-refractivity contribution in [1.82, 2.24) is 0 Å². The Morgan fingerprint density at radius 2 is 2.00 bits per heavy atom. The molecule has 0 saturated heterocycles. The van der Waals surface area contributed by atoms with E-state index in [0.29, 0.717) is 12.3 Å². The molecule has 2 fully saturated rings. The SMILES string of the molecule is C[C@@H]1CC[C@@]2(C)[C@H](C)C3=CC(=O)O[C@]3(O)C[C@@]12C. The van der Waals surface area contributed by atoms with Crippen LogP contribution in [0.4, 0.5) is 0 Å². The minimum atomic E-state index is -1.34. The van der Waals surface area contributed by atoms with Crippen molar-refractivity contribution in [3.05, 3.63) is 11.6 Å². The largest absolute Gasteiger partial charge is 0.426 e. The molecule has 0 aromatic heterocycles. The number of hydrogen-bond donors (Lipinski definition) is 1. The molecule has 0 radical (unpaired) electrons. The molecule has 3 heteroatoms. The van der Waals surface area contributed by atoms with Crippen LogP contribution in [0.15, 0.2) is 11.6 Å². The zero-order valence-electron chi connectivity index (χ0n) is 11.6. The van der Waals surface area contributed by atoms with Gasteiger partial charge >= 0.3 is 5.97 Å². The molecular weight excluding hydrogens is 228 g/mol. The molecule has 3 nitrogen and oxygen atoms in total. The molecule has 0 spiro atoms. The molecule has 1 aliphatic heterocycles. The molecule has 100 valence electrons. The molecular formula is C15H22O3. The van der Waals surface area contributed by atoms with Crippen molar-refractivity contribution in [2.45, 2.75) is 52.7 Å². The maximum Gasteiger partial charge on any atom is 0.333 e. The summed E-state index contributed by atoms with van der Waals surface area (Å²) in [6, 6.07) is 0. The zero-order valence-corrected chi connectivity index (χ0v) is 11.6. The molecule has 0 aromatic rings. The van der Waals surface area contributed by atoms with Gasteiger partial charge in [-0.15, -0.1) is 0 Å². The smallest absolute Gasteiger partial charge is 0.333 e. The minimum Gasteiger partial charge on any atom is -0.426 e. The maximum atomic E-state index is 11.5. The highest BCUT2D eigenvalue weighted by molar-refractivity contribution is 5.86. The summed E-state index contributed by atoms with van der Waals surface area (Å²) in [5, 5.41) is 10.7. The summed E-state index contributed by atoms with van der Waals surface area (Å²) in [5.74, 6) is -0.991. The predicted molar refractivity (Wildman–Crippen MR) is 67.5 cm³/mol. The molecule has 2 saturated carbocycles. The number of rotatable bonds is 0. The van der Waals surface area contributed by atoms with Gasteiger partial charge in [-0.3, -0.25) is 0 Å². The fraction of sp³-hybridized carbons (Fsp3) is 0.800. The first-order valence-corrected chi connectivity index (χ1v) is 6.90. The maximum absolute atomic E-state index is 11.5. The minimum absolute atomic E-state index is 0.0309. The third kappa shape index (κ3) is 1.16. The highest BCUT2D eigenvalue weighted by Gasteiger charge is 2.66. The molecule has 3 rings (SSSR count). The Morgan fingerprint density at radius 1 is 1.33 bits per heavy atom. The molecule has 1 heterocycles. The van der Waals surface area contributed by atoms with Gasteiger partial charge in [0.2, 0.25) is 5.79 Å². The summed E-state index contributed by atoms with van der Waals surface area (Å²) in [5.41, 5.74) is 0.975. The van der Waals surface area contributed by atoms with E-state index in [4.69, 9.17) is 4.74 Å². The van der Waals surface area contributed by atoms with E-state index >= 15 is 0 Å². The average Bonchev–Trinajstić information content (AvgIpc) is 2.68. The number of carbonyl (C=O) groups excluding carboxylic acids is 1. The summed E-state index contributed by atoms with van der Waals surface area (Å²) >= 11 is 0. The molecule has 0 unspecified atom stereocenters. The topological polar surface area (TPSA) is 46.5 Å².